The fraction of sp³-hybridized carbons (Fsp3) is 0.524. The summed E-state index contributed by atoms with van der Waals surface area (Å²) in [6, 6.07) is 7.96. The molecule has 3 N–H and O–H groups in total. The van der Waals surface area contributed by atoms with E-state index in [0.29, 0.717) is 19.0 Å². The van der Waals surface area contributed by atoms with E-state index < -0.39 is 5.60 Å². The summed E-state index contributed by atoms with van der Waals surface area (Å²) in [4.78, 5) is 15.0. The van der Waals surface area contributed by atoms with Crippen molar-refractivity contribution in [3.8, 4) is 0 Å². The van der Waals surface area contributed by atoms with Gasteiger partial charge in [0.25, 0.3) is 0 Å². The van der Waals surface area contributed by atoms with Crippen molar-refractivity contribution in [2.75, 3.05) is 51.2 Å². The summed E-state index contributed by atoms with van der Waals surface area (Å²) >= 11 is 1.56. The molecule has 1 unspecified atom stereocenters. The molecule has 0 spiro atoms. The van der Waals surface area contributed by atoms with Crippen LogP contribution in [0.1, 0.15) is 24.3 Å². The molecular formula is C21H32N6OS. The van der Waals surface area contributed by atoms with Crippen molar-refractivity contribution in [3.63, 3.8) is 0 Å². The predicted octanol–water partition coefficient (Wildman–Crippen LogP) is 1.86. The van der Waals surface area contributed by atoms with Crippen LogP contribution in [0, 0.1) is 0 Å². The maximum atomic E-state index is 10.8. The van der Waals surface area contributed by atoms with Gasteiger partial charge in [0.15, 0.2) is 5.96 Å². The quantitative estimate of drug-likeness (QED) is 0.473. The second-order valence-electron chi connectivity index (χ2n) is 7.58. The van der Waals surface area contributed by atoms with Crippen LogP contribution < -0.4 is 15.5 Å². The minimum Gasteiger partial charge on any atom is -0.383 e. The highest BCUT2D eigenvalue weighted by Crippen LogP contribution is 2.24. The molecule has 1 aliphatic heterocycles. The van der Waals surface area contributed by atoms with Gasteiger partial charge in [-0.1, -0.05) is 12.1 Å². The predicted molar refractivity (Wildman–Crippen MR) is 121 cm³/mol. The van der Waals surface area contributed by atoms with Crippen molar-refractivity contribution < 1.29 is 5.11 Å². The Labute approximate surface area is 177 Å². The number of rotatable bonds is 7. The van der Waals surface area contributed by atoms with Crippen LogP contribution in [0.4, 0.5) is 5.82 Å². The van der Waals surface area contributed by atoms with Gasteiger partial charge in [-0.3, -0.25) is 0 Å². The summed E-state index contributed by atoms with van der Waals surface area (Å²) in [6.07, 6.45) is 1.85. The molecule has 0 amide bonds. The van der Waals surface area contributed by atoms with Crippen LogP contribution in [0.2, 0.25) is 0 Å². The molecule has 158 valence electrons. The van der Waals surface area contributed by atoms with Crippen molar-refractivity contribution in [2.45, 2.75) is 26.0 Å². The summed E-state index contributed by atoms with van der Waals surface area (Å²) in [5.74, 6) is 1.71. The van der Waals surface area contributed by atoms with Gasteiger partial charge in [-0.15, -0.1) is 11.3 Å². The van der Waals surface area contributed by atoms with Crippen LogP contribution >= 0.6 is 11.3 Å². The topological polar surface area (TPSA) is 76.0 Å². The zero-order valence-electron chi connectivity index (χ0n) is 17.6. The number of piperazine rings is 1. The normalized spacial score (nSPS) is 17.8. The molecule has 8 heteroatoms. The molecule has 1 aliphatic rings. The van der Waals surface area contributed by atoms with Gasteiger partial charge in [0.1, 0.15) is 11.4 Å². The molecule has 0 radical (unpaired) electrons. The Morgan fingerprint density at radius 2 is 2.03 bits per heavy atom. The van der Waals surface area contributed by atoms with E-state index in [2.05, 4.69) is 38.5 Å². The molecule has 3 heterocycles. The molecule has 0 saturated carbocycles. The Hall–Kier alpha value is -2.16. The molecule has 1 atom stereocenters. The number of nitrogens with zero attached hydrogens (tertiary/aromatic N) is 4. The standard InChI is InChI=1S/C21H32N6OS/c1-4-22-20(25-16-21(2,28)18-8-6-14-29-18)24-15-17-7-5-9-23-19(17)27-12-10-26(3)11-13-27/h5-9,14,28H,4,10-13,15-16H2,1-3H3,(H2,22,24,25). The van der Waals surface area contributed by atoms with Gasteiger partial charge in [-0.2, -0.15) is 0 Å². The first-order chi connectivity index (χ1) is 14.0. The monoisotopic (exact) mass is 416 g/mol. The lowest BCUT2D eigenvalue weighted by molar-refractivity contribution is 0.0655. The first-order valence-electron chi connectivity index (χ1n) is 10.2. The van der Waals surface area contributed by atoms with Crippen molar-refractivity contribution in [2.24, 2.45) is 4.99 Å². The lowest BCUT2D eigenvalue weighted by Gasteiger charge is -2.34. The molecule has 2 aromatic rings. The minimum atomic E-state index is -0.941. The van der Waals surface area contributed by atoms with Crippen molar-refractivity contribution in [1.29, 1.82) is 0 Å². The lowest BCUT2D eigenvalue weighted by atomic mass is 10.1. The molecule has 29 heavy (non-hydrogen) atoms. The van der Waals surface area contributed by atoms with E-state index in [-0.39, 0.29) is 0 Å². The largest absolute Gasteiger partial charge is 0.383 e. The first kappa shape index (κ1) is 21.5. The zero-order chi connectivity index (χ0) is 20.7. The number of anilines is 1. The van der Waals surface area contributed by atoms with Gasteiger partial charge in [0, 0.05) is 49.4 Å². The molecule has 1 fully saturated rings. The van der Waals surface area contributed by atoms with E-state index in [1.54, 1.807) is 11.3 Å². The molecule has 0 aromatic carbocycles. The van der Waals surface area contributed by atoms with E-state index in [1.807, 2.05) is 43.6 Å². The zero-order valence-corrected chi connectivity index (χ0v) is 18.4. The van der Waals surface area contributed by atoms with Crippen molar-refractivity contribution >= 4 is 23.1 Å². The number of hydrogen-bond acceptors (Lipinski definition) is 6. The Bertz CT molecular complexity index is 784. The van der Waals surface area contributed by atoms with Gasteiger partial charge in [0.05, 0.1) is 13.1 Å². The van der Waals surface area contributed by atoms with Crippen molar-refractivity contribution in [1.82, 2.24) is 20.5 Å². The van der Waals surface area contributed by atoms with Crippen LogP contribution in [0.3, 0.4) is 0 Å². The molecule has 2 aromatic heterocycles. The average Bonchev–Trinajstić information content (AvgIpc) is 3.27. The van der Waals surface area contributed by atoms with E-state index in [0.717, 1.165) is 49.0 Å². The van der Waals surface area contributed by atoms with E-state index in [4.69, 9.17) is 4.99 Å². The number of pyridine rings is 1. The second kappa shape index (κ2) is 10.0. The highest BCUT2D eigenvalue weighted by atomic mass is 32.1. The van der Waals surface area contributed by atoms with E-state index in [1.165, 1.54) is 0 Å². The third-order valence-electron chi connectivity index (χ3n) is 5.07. The lowest BCUT2D eigenvalue weighted by Crippen LogP contribution is -2.45. The van der Waals surface area contributed by atoms with Gasteiger partial charge in [0.2, 0.25) is 0 Å². The van der Waals surface area contributed by atoms with Crippen LogP contribution in [0.5, 0.6) is 0 Å². The smallest absolute Gasteiger partial charge is 0.191 e. The first-order valence-corrected chi connectivity index (χ1v) is 11.0. The number of aromatic nitrogens is 1. The van der Waals surface area contributed by atoms with Crippen molar-refractivity contribution in [3.05, 3.63) is 46.3 Å². The second-order valence-corrected chi connectivity index (χ2v) is 8.52. The highest BCUT2D eigenvalue weighted by molar-refractivity contribution is 7.10. The SMILES string of the molecule is CCNC(=NCc1cccnc1N1CCN(C)CC1)NCC(C)(O)c1cccs1. The summed E-state index contributed by atoms with van der Waals surface area (Å²) in [5.41, 5.74) is 0.170. The van der Waals surface area contributed by atoms with Crippen LogP contribution in [0.15, 0.2) is 40.8 Å². The van der Waals surface area contributed by atoms with E-state index in [9.17, 15) is 5.11 Å². The third-order valence-corrected chi connectivity index (χ3v) is 6.20. The van der Waals surface area contributed by atoms with Gasteiger partial charge in [-0.05, 0) is 38.4 Å². The Balaban J connectivity index is 1.67. The van der Waals surface area contributed by atoms with Gasteiger partial charge < -0.3 is 25.5 Å². The Kier molecular flexibility index (Phi) is 7.46. The minimum absolute atomic E-state index is 0.387. The van der Waals surface area contributed by atoms with Crippen LogP contribution in [-0.4, -0.2) is 67.3 Å². The average molecular weight is 417 g/mol. The summed E-state index contributed by atoms with van der Waals surface area (Å²) in [7, 11) is 2.15. The number of thiophene rings is 1. The van der Waals surface area contributed by atoms with Crippen LogP contribution in [-0.2, 0) is 12.1 Å². The Morgan fingerprint density at radius 1 is 1.24 bits per heavy atom. The van der Waals surface area contributed by atoms with Gasteiger partial charge in [-0.25, -0.2) is 9.98 Å². The molecule has 0 bridgehead atoms. The fourth-order valence-electron chi connectivity index (χ4n) is 3.29. The Morgan fingerprint density at radius 3 is 2.72 bits per heavy atom. The highest BCUT2D eigenvalue weighted by Gasteiger charge is 2.24. The molecule has 7 nitrogen and oxygen atoms in total. The van der Waals surface area contributed by atoms with Crippen LogP contribution in [0.25, 0.3) is 0 Å². The summed E-state index contributed by atoms with van der Waals surface area (Å²) in [6.45, 7) is 9.58. The number of likely N-dealkylation sites (N-methyl/N-ethyl adjacent to an activating group) is 1. The third kappa shape index (κ3) is 5.91. The maximum Gasteiger partial charge on any atom is 0.191 e. The summed E-state index contributed by atoms with van der Waals surface area (Å²) in [5, 5.41) is 19.3. The maximum absolute atomic E-state index is 10.8. The van der Waals surface area contributed by atoms with Gasteiger partial charge >= 0.3 is 0 Å². The fourth-order valence-corrected chi connectivity index (χ4v) is 4.08. The number of aliphatic imine (C=N–C) groups is 1. The number of aliphatic hydroxyl groups is 1. The molecular weight excluding hydrogens is 384 g/mol. The molecule has 0 aliphatic carbocycles. The number of guanidine groups is 1. The van der Waals surface area contributed by atoms with E-state index >= 15 is 0 Å². The summed E-state index contributed by atoms with van der Waals surface area (Å²) < 4.78 is 0. The number of nitrogens with one attached hydrogen (secondary N) is 2. The molecule has 1 saturated heterocycles. The number of hydrogen-bond donors (Lipinski definition) is 3. The molecule has 3 rings (SSSR count).